The molecule has 148 valence electrons. The first-order valence-corrected chi connectivity index (χ1v) is 9.10. The van der Waals surface area contributed by atoms with Gasteiger partial charge < -0.3 is 5.32 Å². The summed E-state index contributed by atoms with van der Waals surface area (Å²) < 4.78 is 28.3. The van der Waals surface area contributed by atoms with Crippen LogP contribution in [-0.4, -0.2) is 25.5 Å². The molecule has 0 fully saturated rings. The summed E-state index contributed by atoms with van der Waals surface area (Å²) in [5, 5.41) is 11.8. The van der Waals surface area contributed by atoms with Gasteiger partial charge in [-0.3, -0.25) is 14.2 Å². The lowest BCUT2D eigenvalue weighted by molar-refractivity contribution is -0.117. The molecule has 3 aromatic rings. The Hall–Kier alpha value is -2.45. The van der Waals surface area contributed by atoms with Crippen LogP contribution in [0.2, 0.25) is 10.0 Å². The first kappa shape index (κ1) is 20.3. The van der Waals surface area contributed by atoms with Crippen LogP contribution >= 0.6 is 23.2 Å². The number of carbonyl (C=O) groups excluding carboxylic acids is 1. The van der Waals surface area contributed by atoms with E-state index >= 15 is 0 Å². The summed E-state index contributed by atoms with van der Waals surface area (Å²) in [5.41, 5.74) is 1.63. The SMILES string of the molecule is Cc1cc(NC(=O)Cn2nc(C(F)F)cc2C)nn1Cc1c(Cl)cccc1Cl. The van der Waals surface area contributed by atoms with Gasteiger partial charge in [-0.15, -0.1) is 0 Å². The minimum atomic E-state index is -2.68. The molecule has 0 radical (unpaired) electrons. The predicted molar refractivity (Wildman–Crippen MR) is 103 cm³/mol. The second-order valence-corrected chi connectivity index (χ2v) is 7.06. The Morgan fingerprint density at radius 3 is 2.36 bits per heavy atom. The van der Waals surface area contributed by atoms with Crippen molar-refractivity contribution in [3.8, 4) is 0 Å². The zero-order valence-corrected chi connectivity index (χ0v) is 16.6. The highest BCUT2D eigenvalue weighted by atomic mass is 35.5. The van der Waals surface area contributed by atoms with E-state index in [-0.39, 0.29) is 12.2 Å². The summed E-state index contributed by atoms with van der Waals surface area (Å²) in [6.07, 6.45) is -2.68. The van der Waals surface area contributed by atoms with E-state index in [0.717, 1.165) is 11.3 Å². The number of rotatable bonds is 6. The number of halogens is 4. The lowest BCUT2D eigenvalue weighted by Crippen LogP contribution is -2.20. The van der Waals surface area contributed by atoms with Gasteiger partial charge in [-0.2, -0.15) is 10.2 Å². The quantitative estimate of drug-likeness (QED) is 0.623. The Kier molecular flexibility index (Phi) is 6.00. The van der Waals surface area contributed by atoms with Gasteiger partial charge in [0.25, 0.3) is 6.43 Å². The van der Waals surface area contributed by atoms with Crippen molar-refractivity contribution in [3.05, 3.63) is 63.0 Å². The van der Waals surface area contributed by atoms with Crippen LogP contribution in [0.15, 0.2) is 30.3 Å². The maximum absolute atomic E-state index is 12.7. The molecule has 2 heterocycles. The van der Waals surface area contributed by atoms with Gasteiger partial charge in [-0.05, 0) is 32.0 Å². The predicted octanol–water partition coefficient (Wildman–Crippen LogP) is 4.63. The number of aryl methyl sites for hydroxylation is 2. The molecule has 0 aliphatic rings. The van der Waals surface area contributed by atoms with Gasteiger partial charge in [-0.1, -0.05) is 29.3 Å². The maximum atomic E-state index is 12.7. The number of hydrogen-bond acceptors (Lipinski definition) is 3. The molecule has 1 amide bonds. The van der Waals surface area contributed by atoms with E-state index in [4.69, 9.17) is 23.2 Å². The third kappa shape index (κ3) is 4.51. The largest absolute Gasteiger partial charge is 0.308 e. The molecule has 0 saturated heterocycles. The fourth-order valence-corrected chi connectivity index (χ4v) is 3.20. The van der Waals surface area contributed by atoms with Crippen LogP contribution < -0.4 is 5.32 Å². The summed E-state index contributed by atoms with van der Waals surface area (Å²) in [6.45, 7) is 3.59. The Morgan fingerprint density at radius 2 is 1.75 bits per heavy atom. The van der Waals surface area contributed by atoms with Crippen LogP contribution in [0.25, 0.3) is 0 Å². The molecule has 0 atom stereocenters. The Balaban J connectivity index is 1.70. The topological polar surface area (TPSA) is 64.7 Å². The van der Waals surface area contributed by atoms with Crippen molar-refractivity contribution in [2.75, 3.05) is 5.32 Å². The van der Waals surface area contributed by atoms with Crippen molar-refractivity contribution in [3.63, 3.8) is 0 Å². The van der Waals surface area contributed by atoms with Crippen molar-refractivity contribution in [1.82, 2.24) is 19.6 Å². The van der Waals surface area contributed by atoms with Crippen molar-refractivity contribution >= 4 is 34.9 Å². The fourth-order valence-electron chi connectivity index (χ4n) is 2.69. The number of amides is 1. The number of aromatic nitrogens is 4. The fraction of sp³-hybridized carbons (Fsp3) is 0.278. The van der Waals surface area contributed by atoms with Crippen molar-refractivity contribution in [2.24, 2.45) is 0 Å². The van der Waals surface area contributed by atoms with Crippen LogP contribution in [0.4, 0.5) is 14.6 Å². The summed E-state index contributed by atoms with van der Waals surface area (Å²) >= 11 is 12.4. The molecule has 6 nitrogen and oxygen atoms in total. The van der Waals surface area contributed by atoms with Gasteiger partial charge in [0.05, 0.1) is 6.54 Å². The maximum Gasteiger partial charge on any atom is 0.282 e. The second-order valence-electron chi connectivity index (χ2n) is 6.25. The monoisotopic (exact) mass is 427 g/mol. The highest BCUT2D eigenvalue weighted by Gasteiger charge is 2.16. The lowest BCUT2D eigenvalue weighted by atomic mass is 10.2. The number of nitrogens with one attached hydrogen (secondary N) is 1. The molecule has 10 heteroatoms. The Bertz CT molecular complexity index is 995. The lowest BCUT2D eigenvalue weighted by Gasteiger charge is -2.08. The van der Waals surface area contributed by atoms with E-state index in [1.165, 1.54) is 10.7 Å². The third-order valence-electron chi connectivity index (χ3n) is 4.14. The summed E-state index contributed by atoms with van der Waals surface area (Å²) in [4.78, 5) is 12.2. The van der Waals surface area contributed by atoms with E-state index in [1.54, 1.807) is 35.9 Å². The molecular weight excluding hydrogens is 411 g/mol. The molecule has 0 aliphatic heterocycles. The average Bonchev–Trinajstić information content (AvgIpc) is 3.14. The Labute approximate surface area is 170 Å². The van der Waals surface area contributed by atoms with E-state index in [9.17, 15) is 13.6 Å². The first-order chi connectivity index (χ1) is 13.2. The number of alkyl halides is 2. The van der Waals surface area contributed by atoms with Gasteiger partial charge in [0, 0.05) is 33.1 Å². The Morgan fingerprint density at radius 1 is 1.11 bits per heavy atom. The average molecular weight is 428 g/mol. The molecule has 3 rings (SSSR count). The van der Waals surface area contributed by atoms with Crippen LogP contribution in [-0.2, 0) is 17.9 Å². The van der Waals surface area contributed by atoms with Crippen LogP contribution in [0.1, 0.15) is 29.1 Å². The number of hydrogen-bond donors (Lipinski definition) is 1. The van der Waals surface area contributed by atoms with Crippen LogP contribution in [0.5, 0.6) is 0 Å². The van der Waals surface area contributed by atoms with Crippen LogP contribution in [0.3, 0.4) is 0 Å². The molecule has 1 aromatic carbocycles. The molecule has 0 spiro atoms. The van der Waals surface area contributed by atoms with Crippen molar-refractivity contribution < 1.29 is 13.6 Å². The van der Waals surface area contributed by atoms with Gasteiger partial charge in [-0.25, -0.2) is 8.78 Å². The van der Waals surface area contributed by atoms with Gasteiger partial charge in [0.1, 0.15) is 12.2 Å². The number of anilines is 1. The summed E-state index contributed by atoms with van der Waals surface area (Å²) in [6, 6.07) is 8.19. The summed E-state index contributed by atoms with van der Waals surface area (Å²) in [7, 11) is 0. The molecule has 28 heavy (non-hydrogen) atoms. The van der Waals surface area contributed by atoms with E-state index in [1.807, 2.05) is 6.92 Å². The first-order valence-electron chi connectivity index (χ1n) is 8.34. The molecule has 2 aromatic heterocycles. The summed E-state index contributed by atoms with van der Waals surface area (Å²) in [5.74, 6) is -0.0861. The van der Waals surface area contributed by atoms with Gasteiger partial charge in [0.15, 0.2) is 5.82 Å². The molecule has 0 bridgehead atoms. The van der Waals surface area contributed by atoms with E-state index in [0.29, 0.717) is 28.1 Å². The number of nitrogens with zero attached hydrogens (tertiary/aromatic N) is 4. The highest BCUT2D eigenvalue weighted by molar-refractivity contribution is 6.35. The van der Waals surface area contributed by atoms with E-state index < -0.39 is 12.3 Å². The number of carbonyl (C=O) groups is 1. The standard InChI is InChI=1S/C18H17Cl2F2N5O/c1-10-6-15(18(21)22)24-27(10)9-17(28)23-16-7-11(2)26(25-16)8-12-13(19)4-3-5-14(12)20/h3-7,18H,8-9H2,1-2H3,(H,23,25,28). The number of benzene rings is 1. The smallest absolute Gasteiger partial charge is 0.282 e. The van der Waals surface area contributed by atoms with Crippen LogP contribution in [0, 0.1) is 13.8 Å². The van der Waals surface area contributed by atoms with Gasteiger partial charge in [0.2, 0.25) is 5.91 Å². The van der Waals surface area contributed by atoms with Gasteiger partial charge >= 0.3 is 0 Å². The molecule has 0 aliphatic carbocycles. The van der Waals surface area contributed by atoms with Crippen molar-refractivity contribution in [1.29, 1.82) is 0 Å². The van der Waals surface area contributed by atoms with E-state index in [2.05, 4.69) is 15.5 Å². The third-order valence-corrected chi connectivity index (χ3v) is 4.84. The normalized spacial score (nSPS) is 11.2. The molecule has 1 N–H and O–H groups in total. The van der Waals surface area contributed by atoms with Crippen molar-refractivity contribution in [2.45, 2.75) is 33.4 Å². The minimum Gasteiger partial charge on any atom is -0.308 e. The molecule has 0 unspecified atom stereocenters. The minimum absolute atomic E-state index is 0.194. The zero-order chi connectivity index (χ0) is 20.4. The highest BCUT2D eigenvalue weighted by Crippen LogP contribution is 2.26. The molecular formula is C18H17Cl2F2N5O. The molecule has 0 saturated carbocycles. The zero-order valence-electron chi connectivity index (χ0n) is 15.1. The second kappa shape index (κ2) is 8.28.